The third-order valence-electron chi connectivity index (χ3n) is 2.59. The number of benzene rings is 1. The molecule has 0 aliphatic carbocycles. The van der Waals surface area contributed by atoms with E-state index in [-0.39, 0.29) is 0 Å². The molecule has 1 aromatic carbocycles. The van der Waals surface area contributed by atoms with Crippen LogP contribution in [0.25, 0.3) is 0 Å². The number of halogens is 1. The molecule has 1 aromatic rings. The summed E-state index contributed by atoms with van der Waals surface area (Å²) in [6.45, 7) is 5.41. The van der Waals surface area contributed by atoms with Crippen molar-refractivity contribution < 1.29 is 9.47 Å². The van der Waals surface area contributed by atoms with Crippen molar-refractivity contribution in [3.8, 4) is 5.75 Å². The van der Waals surface area contributed by atoms with Crippen molar-refractivity contribution in [3.05, 3.63) is 29.8 Å². The van der Waals surface area contributed by atoms with Crippen LogP contribution in [0.2, 0.25) is 0 Å². The fourth-order valence-electron chi connectivity index (χ4n) is 1.35. The van der Waals surface area contributed by atoms with Crippen LogP contribution in [0.15, 0.2) is 24.3 Å². The Balaban J connectivity index is 2.39. The molecule has 0 N–H and O–H groups in total. The lowest BCUT2D eigenvalue weighted by molar-refractivity contribution is 0.0241. The Kier molecular flexibility index (Phi) is 6.50. The zero-order chi connectivity index (χ0) is 11.8. The van der Waals surface area contributed by atoms with E-state index in [1.54, 1.807) is 0 Å². The minimum atomic E-state index is 0.314. The SMILES string of the molecule is CCC(C)c1ccc(OCOCCBr)cc1. The number of hydrogen-bond donors (Lipinski definition) is 0. The Labute approximate surface area is 106 Å². The minimum Gasteiger partial charge on any atom is -0.468 e. The second-order valence-corrected chi connectivity index (χ2v) is 4.53. The molecule has 0 spiro atoms. The van der Waals surface area contributed by atoms with Crippen LogP contribution in [-0.4, -0.2) is 18.7 Å². The molecule has 1 rings (SSSR count). The van der Waals surface area contributed by atoms with Crippen LogP contribution in [0, 0.1) is 0 Å². The smallest absolute Gasteiger partial charge is 0.189 e. The van der Waals surface area contributed by atoms with Gasteiger partial charge in [0, 0.05) is 5.33 Å². The molecule has 0 saturated carbocycles. The van der Waals surface area contributed by atoms with Gasteiger partial charge in [-0.1, -0.05) is 41.9 Å². The average molecular weight is 287 g/mol. The third-order valence-corrected chi connectivity index (χ3v) is 2.92. The summed E-state index contributed by atoms with van der Waals surface area (Å²) in [5.74, 6) is 1.47. The van der Waals surface area contributed by atoms with Gasteiger partial charge in [0.15, 0.2) is 6.79 Å². The van der Waals surface area contributed by atoms with Gasteiger partial charge in [-0.2, -0.15) is 0 Å². The van der Waals surface area contributed by atoms with Crippen molar-refractivity contribution in [1.29, 1.82) is 0 Å². The van der Waals surface area contributed by atoms with Crippen molar-refractivity contribution >= 4 is 15.9 Å². The molecule has 16 heavy (non-hydrogen) atoms. The maximum atomic E-state index is 5.43. The molecule has 0 bridgehead atoms. The van der Waals surface area contributed by atoms with E-state index in [4.69, 9.17) is 9.47 Å². The molecule has 0 saturated heterocycles. The van der Waals surface area contributed by atoms with E-state index in [0.29, 0.717) is 19.3 Å². The fraction of sp³-hybridized carbons (Fsp3) is 0.538. The van der Waals surface area contributed by atoms with E-state index in [1.807, 2.05) is 12.1 Å². The van der Waals surface area contributed by atoms with Gasteiger partial charge in [0.1, 0.15) is 5.75 Å². The predicted octanol–water partition coefficient (Wildman–Crippen LogP) is 3.95. The summed E-state index contributed by atoms with van der Waals surface area (Å²) in [5, 5.41) is 0.837. The Morgan fingerprint density at radius 2 is 1.94 bits per heavy atom. The molecule has 0 aliphatic rings. The number of alkyl halides is 1. The molecule has 3 heteroatoms. The van der Waals surface area contributed by atoms with Crippen molar-refractivity contribution in [1.82, 2.24) is 0 Å². The van der Waals surface area contributed by atoms with Crippen LogP contribution in [0.4, 0.5) is 0 Å². The fourth-order valence-corrected chi connectivity index (χ4v) is 1.58. The van der Waals surface area contributed by atoms with Crippen LogP contribution in [-0.2, 0) is 4.74 Å². The van der Waals surface area contributed by atoms with E-state index in [1.165, 1.54) is 5.56 Å². The van der Waals surface area contributed by atoms with Crippen LogP contribution in [0.1, 0.15) is 31.7 Å². The molecule has 0 aliphatic heterocycles. The minimum absolute atomic E-state index is 0.314. The quantitative estimate of drug-likeness (QED) is 0.429. The number of rotatable bonds is 7. The van der Waals surface area contributed by atoms with E-state index < -0.39 is 0 Å². The second-order valence-electron chi connectivity index (χ2n) is 3.74. The van der Waals surface area contributed by atoms with E-state index in [2.05, 4.69) is 41.9 Å². The predicted molar refractivity (Wildman–Crippen MR) is 70.4 cm³/mol. The van der Waals surface area contributed by atoms with Gasteiger partial charge in [-0.05, 0) is 30.0 Å². The number of ether oxygens (including phenoxy) is 2. The number of hydrogen-bond acceptors (Lipinski definition) is 2. The first-order valence-electron chi connectivity index (χ1n) is 5.64. The first-order valence-corrected chi connectivity index (χ1v) is 6.76. The zero-order valence-corrected chi connectivity index (χ0v) is 11.5. The van der Waals surface area contributed by atoms with Crippen LogP contribution in [0.5, 0.6) is 5.75 Å². The maximum absolute atomic E-state index is 5.43. The first-order chi connectivity index (χ1) is 7.77. The van der Waals surface area contributed by atoms with Gasteiger partial charge in [0.2, 0.25) is 0 Å². The highest BCUT2D eigenvalue weighted by molar-refractivity contribution is 9.09. The standard InChI is InChI=1S/C13H19BrO2/c1-3-11(2)12-4-6-13(7-5-12)16-10-15-9-8-14/h4-7,11H,3,8-10H2,1-2H3. The summed E-state index contributed by atoms with van der Waals surface area (Å²) in [6, 6.07) is 8.24. The zero-order valence-electron chi connectivity index (χ0n) is 9.91. The topological polar surface area (TPSA) is 18.5 Å². The molecule has 1 unspecified atom stereocenters. The molecule has 0 fully saturated rings. The molecule has 0 radical (unpaired) electrons. The lowest BCUT2D eigenvalue weighted by atomic mass is 9.99. The van der Waals surface area contributed by atoms with Crippen LogP contribution >= 0.6 is 15.9 Å². The molecule has 1 atom stereocenters. The Morgan fingerprint density at radius 1 is 1.25 bits per heavy atom. The van der Waals surface area contributed by atoms with Gasteiger partial charge in [-0.15, -0.1) is 0 Å². The highest BCUT2D eigenvalue weighted by Crippen LogP contribution is 2.21. The van der Waals surface area contributed by atoms with Gasteiger partial charge < -0.3 is 9.47 Å². The van der Waals surface area contributed by atoms with Crippen molar-refractivity contribution in [3.63, 3.8) is 0 Å². The normalized spacial score (nSPS) is 12.4. The Bertz CT molecular complexity index is 284. The Hall–Kier alpha value is -0.540. The summed E-state index contributed by atoms with van der Waals surface area (Å²) in [5.41, 5.74) is 1.36. The summed E-state index contributed by atoms with van der Waals surface area (Å²) in [4.78, 5) is 0. The lowest BCUT2D eigenvalue weighted by Crippen LogP contribution is -2.04. The van der Waals surface area contributed by atoms with E-state index >= 15 is 0 Å². The average Bonchev–Trinajstić information content (AvgIpc) is 2.34. The van der Waals surface area contributed by atoms with Crippen LogP contribution in [0.3, 0.4) is 0 Å². The monoisotopic (exact) mass is 286 g/mol. The summed E-state index contributed by atoms with van der Waals surface area (Å²) in [6.07, 6.45) is 1.16. The van der Waals surface area contributed by atoms with Gasteiger partial charge in [-0.3, -0.25) is 0 Å². The van der Waals surface area contributed by atoms with Crippen molar-refractivity contribution in [2.75, 3.05) is 18.7 Å². The van der Waals surface area contributed by atoms with Gasteiger partial charge in [0.25, 0.3) is 0 Å². The van der Waals surface area contributed by atoms with Gasteiger partial charge >= 0.3 is 0 Å². The second kappa shape index (κ2) is 7.69. The first kappa shape index (κ1) is 13.5. The highest BCUT2D eigenvalue weighted by atomic mass is 79.9. The van der Waals surface area contributed by atoms with Crippen LogP contribution < -0.4 is 4.74 Å². The molecular formula is C13H19BrO2. The van der Waals surface area contributed by atoms with Gasteiger partial charge in [0.05, 0.1) is 6.61 Å². The summed E-state index contributed by atoms with van der Waals surface area (Å²) >= 11 is 3.29. The molecule has 2 nitrogen and oxygen atoms in total. The summed E-state index contributed by atoms with van der Waals surface area (Å²) < 4.78 is 10.6. The van der Waals surface area contributed by atoms with Crippen molar-refractivity contribution in [2.45, 2.75) is 26.2 Å². The van der Waals surface area contributed by atoms with E-state index in [9.17, 15) is 0 Å². The van der Waals surface area contributed by atoms with Crippen molar-refractivity contribution in [2.24, 2.45) is 0 Å². The molecule has 0 heterocycles. The van der Waals surface area contributed by atoms with E-state index in [0.717, 1.165) is 17.5 Å². The molecule has 0 amide bonds. The summed E-state index contributed by atoms with van der Waals surface area (Å²) in [7, 11) is 0. The maximum Gasteiger partial charge on any atom is 0.189 e. The third kappa shape index (κ3) is 4.54. The lowest BCUT2D eigenvalue weighted by Gasteiger charge is -2.10. The molecular weight excluding hydrogens is 268 g/mol. The van der Waals surface area contributed by atoms with Gasteiger partial charge in [-0.25, -0.2) is 0 Å². The highest BCUT2D eigenvalue weighted by Gasteiger charge is 2.02. The molecule has 90 valence electrons. The largest absolute Gasteiger partial charge is 0.468 e. The Morgan fingerprint density at radius 3 is 2.50 bits per heavy atom. The molecule has 0 aromatic heterocycles.